The second-order valence-corrected chi connectivity index (χ2v) is 3.25. The van der Waals surface area contributed by atoms with Crippen molar-refractivity contribution in [3.05, 3.63) is 23.8 Å². The second-order valence-electron chi connectivity index (χ2n) is 3.25. The van der Waals surface area contributed by atoms with Crippen LogP contribution in [0.15, 0.2) is 12.3 Å². The summed E-state index contributed by atoms with van der Waals surface area (Å²) in [5.74, 6) is 0.438. The Hall–Kier alpha value is -1.45. The number of hydrogen-bond acceptors (Lipinski definition) is 3. The summed E-state index contributed by atoms with van der Waals surface area (Å²) >= 11 is 0. The largest absolute Gasteiger partial charge is 0.481 e. The van der Waals surface area contributed by atoms with Gasteiger partial charge in [0.15, 0.2) is 0 Å². The van der Waals surface area contributed by atoms with Gasteiger partial charge >= 0.3 is 5.97 Å². The van der Waals surface area contributed by atoms with Gasteiger partial charge in [0.2, 0.25) is 0 Å². The number of carboxylic acid groups (broad SMARTS) is 1. The van der Waals surface area contributed by atoms with Gasteiger partial charge in [-0.25, -0.2) is 9.97 Å². The van der Waals surface area contributed by atoms with Gasteiger partial charge in [-0.15, -0.1) is 0 Å². The lowest BCUT2D eigenvalue weighted by Crippen LogP contribution is -2.04. The first kappa shape index (κ1) is 8.16. The molecule has 0 bridgehead atoms. The van der Waals surface area contributed by atoms with E-state index in [2.05, 4.69) is 9.97 Å². The monoisotopic (exact) mass is 178 g/mol. The molecule has 0 aliphatic heterocycles. The van der Waals surface area contributed by atoms with Crippen molar-refractivity contribution >= 4 is 5.97 Å². The highest BCUT2D eigenvalue weighted by atomic mass is 16.4. The van der Waals surface area contributed by atoms with Crippen LogP contribution in [0, 0.1) is 0 Å². The SMILES string of the molecule is O=C(O)Cc1ccnc(C2CC2)n1. The molecule has 0 aromatic carbocycles. The molecule has 68 valence electrons. The van der Waals surface area contributed by atoms with E-state index in [1.807, 2.05) is 0 Å². The van der Waals surface area contributed by atoms with Crippen LogP contribution in [-0.2, 0) is 11.2 Å². The van der Waals surface area contributed by atoms with Gasteiger partial charge in [-0.3, -0.25) is 4.79 Å². The van der Waals surface area contributed by atoms with Gasteiger partial charge < -0.3 is 5.11 Å². The maximum atomic E-state index is 10.4. The molecule has 4 nitrogen and oxygen atoms in total. The van der Waals surface area contributed by atoms with Gasteiger partial charge in [-0.05, 0) is 18.9 Å². The highest BCUT2D eigenvalue weighted by Crippen LogP contribution is 2.37. The summed E-state index contributed by atoms with van der Waals surface area (Å²) < 4.78 is 0. The van der Waals surface area contributed by atoms with Crippen LogP contribution in [0.3, 0.4) is 0 Å². The Labute approximate surface area is 75.6 Å². The summed E-state index contributed by atoms with van der Waals surface area (Å²) in [4.78, 5) is 18.7. The Morgan fingerprint density at radius 3 is 3.00 bits per heavy atom. The van der Waals surface area contributed by atoms with Gasteiger partial charge in [-0.2, -0.15) is 0 Å². The third kappa shape index (κ3) is 2.02. The highest BCUT2D eigenvalue weighted by Gasteiger charge is 2.26. The fourth-order valence-corrected chi connectivity index (χ4v) is 1.20. The predicted molar refractivity (Wildman–Crippen MR) is 45.3 cm³/mol. The molecule has 1 aliphatic carbocycles. The molecule has 1 fully saturated rings. The van der Waals surface area contributed by atoms with Crippen LogP contribution in [0.4, 0.5) is 0 Å². The molecule has 0 atom stereocenters. The number of nitrogens with zero attached hydrogens (tertiary/aromatic N) is 2. The predicted octanol–water partition coefficient (Wildman–Crippen LogP) is 0.981. The lowest BCUT2D eigenvalue weighted by atomic mass is 10.3. The highest BCUT2D eigenvalue weighted by molar-refractivity contribution is 5.69. The second kappa shape index (κ2) is 3.12. The maximum absolute atomic E-state index is 10.4. The Kier molecular flexibility index (Phi) is 1.96. The first-order valence-corrected chi connectivity index (χ1v) is 4.29. The van der Waals surface area contributed by atoms with Crippen molar-refractivity contribution in [3.8, 4) is 0 Å². The van der Waals surface area contributed by atoms with Gasteiger partial charge in [0.1, 0.15) is 5.82 Å². The molecular weight excluding hydrogens is 168 g/mol. The molecule has 4 heteroatoms. The molecule has 1 aromatic heterocycles. The van der Waals surface area contributed by atoms with E-state index in [4.69, 9.17) is 5.11 Å². The van der Waals surface area contributed by atoms with Crippen molar-refractivity contribution in [2.45, 2.75) is 25.2 Å². The van der Waals surface area contributed by atoms with E-state index in [1.165, 1.54) is 0 Å². The van der Waals surface area contributed by atoms with Crippen molar-refractivity contribution in [2.75, 3.05) is 0 Å². The molecule has 13 heavy (non-hydrogen) atoms. The van der Waals surface area contributed by atoms with Crippen molar-refractivity contribution in [2.24, 2.45) is 0 Å². The van der Waals surface area contributed by atoms with E-state index in [0.29, 0.717) is 11.6 Å². The van der Waals surface area contributed by atoms with E-state index < -0.39 is 5.97 Å². The van der Waals surface area contributed by atoms with Crippen LogP contribution < -0.4 is 0 Å². The maximum Gasteiger partial charge on any atom is 0.309 e. The quantitative estimate of drug-likeness (QED) is 0.749. The average molecular weight is 178 g/mol. The zero-order valence-electron chi connectivity index (χ0n) is 7.10. The fourth-order valence-electron chi connectivity index (χ4n) is 1.20. The van der Waals surface area contributed by atoms with E-state index in [9.17, 15) is 4.79 Å². The minimum absolute atomic E-state index is 0.0117. The van der Waals surface area contributed by atoms with Crippen LogP contribution in [0.5, 0.6) is 0 Å². The first-order valence-electron chi connectivity index (χ1n) is 4.29. The number of aliphatic carboxylic acids is 1. The van der Waals surface area contributed by atoms with Crippen LogP contribution in [0.25, 0.3) is 0 Å². The molecule has 1 N–H and O–H groups in total. The van der Waals surface area contributed by atoms with Crippen LogP contribution in [0.1, 0.15) is 30.3 Å². The fraction of sp³-hybridized carbons (Fsp3) is 0.444. The van der Waals surface area contributed by atoms with E-state index in [1.54, 1.807) is 12.3 Å². The summed E-state index contributed by atoms with van der Waals surface area (Å²) in [5, 5.41) is 8.55. The zero-order chi connectivity index (χ0) is 9.26. The van der Waals surface area contributed by atoms with Gasteiger partial charge in [0, 0.05) is 12.1 Å². The number of aromatic nitrogens is 2. The Balaban J connectivity index is 2.16. The third-order valence-corrected chi connectivity index (χ3v) is 2.01. The molecule has 1 saturated carbocycles. The number of carbonyl (C=O) groups is 1. The molecule has 0 radical (unpaired) electrons. The molecular formula is C9H10N2O2. The lowest BCUT2D eigenvalue weighted by molar-refractivity contribution is -0.136. The lowest BCUT2D eigenvalue weighted by Gasteiger charge is -1.98. The molecule has 1 heterocycles. The summed E-state index contributed by atoms with van der Waals surface area (Å²) in [6.07, 6.45) is 3.90. The standard InChI is InChI=1S/C9H10N2O2/c12-8(13)5-7-3-4-10-9(11-7)6-1-2-6/h3-4,6H,1-2,5H2,(H,12,13). The topological polar surface area (TPSA) is 63.1 Å². The van der Waals surface area contributed by atoms with Crippen molar-refractivity contribution in [1.82, 2.24) is 9.97 Å². The summed E-state index contributed by atoms with van der Waals surface area (Å²) in [6.45, 7) is 0. The zero-order valence-corrected chi connectivity index (χ0v) is 7.10. The summed E-state index contributed by atoms with van der Waals surface area (Å²) in [6, 6.07) is 1.65. The van der Waals surface area contributed by atoms with Crippen molar-refractivity contribution < 1.29 is 9.90 Å². The molecule has 2 rings (SSSR count). The minimum atomic E-state index is -0.847. The van der Waals surface area contributed by atoms with E-state index in [0.717, 1.165) is 18.7 Å². The smallest absolute Gasteiger partial charge is 0.309 e. The average Bonchev–Trinajstić information content (AvgIpc) is 2.85. The molecule has 0 unspecified atom stereocenters. The number of hydrogen-bond donors (Lipinski definition) is 1. The number of carboxylic acids is 1. The third-order valence-electron chi connectivity index (χ3n) is 2.01. The van der Waals surface area contributed by atoms with Crippen LogP contribution in [0.2, 0.25) is 0 Å². The van der Waals surface area contributed by atoms with Crippen molar-refractivity contribution in [3.63, 3.8) is 0 Å². The van der Waals surface area contributed by atoms with Crippen LogP contribution in [-0.4, -0.2) is 21.0 Å². The molecule has 0 spiro atoms. The van der Waals surface area contributed by atoms with E-state index >= 15 is 0 Å². The molecule has 0 amide bonds. The van der Waals surface area contributed by atoms with E-state index in [-0.39, 0.29) is 6.42 Å². The van der Waals surface area contributed by atoms with Crippen LogP contribution >= 0.6 is 0 Å². The molecule has 0 saturated heterocycles. The van der Waals surface area contributed by atoms with Gasteiger partial charge in [0.25, 0.3) is 0 Å². The Bertz CT molecular complexity index is 334. The van der Waals surface area contributed by atoms with Gasteiger partial charge in [-0.1, -0.05) is 0 Å². The Morgan fingerprint density at radius 1 is 1.62 bits per heavy atom. The summed E-state index contributed by atoms with van der Waals surface area (Å²) in [5.41, 5.74) is 0.601. The normalized spacial score (nSPS) is 15.7. The van der Waals surface area contributed by atoms with Crippen molar-refractivity contribution in [1.29, 1.82) is 0 Å². The number of rotatable bonds is 3. The minimum Gasteiger partial charge on any atom is -0.481 e. The summed E-state index contributed by atoms with van der Waals surface area (Å²) in [7, 11) is 0. The Morgan fingerprint density at radius 2 is 2.38 bits per heavy atom. The van der Waals surface area contributed by atoms with Gasteiger partial charge in [0.05, 0.1) is 12.1 Å². The molecule has 1 aliphatic rings. The molecule has 1 aromatic rings. The first-order chi connectivity index (χ1) is 6.25.